The maximum Gasteiger partial charge on any atom is 0.182 e. The highest BCUT2D eigenvalue weighted by atomic mass is 16.5. The second-order valence-electron chi connectivity index (χ2n) is 10.5. The summed E-state index contributed by atoms with van der Waals surface area (Å²) in [5.74, 6) is 0.132. The Labute approximate surface area is 205 Å². The van der Waals surface area contributed by atoms with Gasteiger partial charge in [0.1, 0.15) is 11.2 Å². The summed E-state index contributed by atoms with van der Waals surface area (Å²) in [5, 5.41) is 1.70. The van der Waals surface area contributed by atoms with Gasteiger partial charge in [0.25, 0.3) is 0 Å². The highest BCUT2D eigenvalue weighted by molar-refractivity contribution is 6.13. The van der Waals surface area contributed by atoms with Gasteiger partial charge in [-0.05, 0) is 64.1 Å². The lowest BCUT2D eigenvalue weighted by molar-refractivity contribution is -0.00442. The molecule has 2 aliphatic rings. The minimum Gasteiger partial charge on any atom is -0.456 e. The maximum atomic E-state index is 13.6. The van der Waals surface area contributed by atoms with Gasteiger partial charge in [0.05, 0.1) is 37.5 Å². The van der Waals surface area contributed by atoms with Crippen LogP contribution in [-0.4, -0.2) is 85.1 Å². The van der Waals surface area contributed by atoms with Crippen molar-refractivity contribution in [1.82, 2.24) is 9.80 Å². The average molecular weight is 479 g/mol. The van der Waals surface area contributed by atoms with Gasteiger partial charge in [0.2, 0.25) is 0 Å². The number of hydrogen-bond donors (Lipinski definition) is 0. The van der Waals surface area contributed by atoms with Gasteiger partial charge in [-0.2, -0.15) is 0 Å². The van der Waals surface area contributed by atoms with E-state index >= 15 is 0 Å². The molecule has 2 aromatic carbocycles. The largest absolute Gasteiger partial charge is 0.456 e. The number of fused-ring (bicyclic) bond motifs is 3. The lowest BCUT2D eigenvalue weighted by Crippen LogP contribution is -2.54. The fourth-order valence-corrected chi connectivity index (χ4v) is 5.30. The Morgan fingerprint density at radius 3 is 1.40 bits per heavy atom. The minimum atomic E-state index is -0.639. The molecule has 3 aromatic rings. The van der Waals surface area contributed by atoms with Gasteiger partial charge >= 0.3 is 0 Å². The van der Waals surface area contributed by atoms with Gasteiger partial charge < -0.3 is 13.9 Å². The number of morpholine rings is 2. The summed E-state index contributed by atoms with van der Waals surface area (Å²) in [6.45, 7) is 13.4. The molecule has 5 rings (SSSR count). The molecular formula is C28H34N2O5. The molecule has 1 aromatic heterocycles. The van der Waals surface area contributed by atoms with Crippen LogP contribution in [0.2, 0.25) is 0 Å². The summed E-state index contributed by atoms with van der Waals surface area (Å²) in [5.41, 5.74) is 1.42. The van der Waals surface area contributed by atoms with E-state index in [0.717, 1.165) is 37.0 Å². The third-order valence-corrected chi connectivity index (χ3v) is 7.71. The van der Waals surface area contributed by atoms with Gasteiger partial charge in [-0.1, -0.05) is 0 Å². The second-order valence-corrected chi connectivity index (χ2v) is 10.5. The molecule has 0 bridgehead atoms. The second kappa shape index (κ2) is 9.13. The van der Waals surface area contributed by atoms with Crippen LogP contribution < -0.4 is 0 Å². The number of ketones is 2. The first-order valence-electron chi connectivity index (χ1n) is 12.4. The van der Waals surface area contributed by atoms with Crippen LogP contribution in [0.5, 0.6) is 0 Å². The van der Waals surface area contributed by atoms with Crippen LogP contribution in [0.4, 0.5) is 0 Å². The highest BCUT2D eigenvalue weighted by Crippen LogP contribution is 2.33. The molecule has 7 heteroatoms. The molecule has 0 spiro atoms. The number of Topliss-reactive ketones (excluding diaryl/α,β-unsaturated/α-hetero) is 2. The number of rotatable bonds is 6. The zero-order valence-corrected chi connectivity index (χ0v) is 21.1. The van der Waals surface area contributed by atoms with Crippen LogP contribution in [0.3, 0.4) is 0 Å². The summed E-state index contributed by atoms with van der Waals surface area (Å²) in [4.78, 5) is 31.5. The summed E-state index contributed by atoms with van der Waals surface area (Å²) in [6, 6.07) is 11.2. The van der Waals surface area contributed by atoms with E-state index in [4.69, 9.17) is 13.9 Å². The van der Waals surface area contributed by atoms with Crippen molar-refractivity contribution < 1.29 is 23.5 Å². The molecule has 2 saturated heterocycles. The molecule has 0 radical (unpaired) electrons. The summed E-state index contributed by atoms with van der Waals surface area (Å²) in [6.07, 6.45) is 0. The van der Waals surface area contributed by atoms with Crippen LogP contribution in [0.1, 0.15) is 48.4 Å². The van der Waals surface area contributed by atoms with Crippen molar-refractivity contribution in [3.63, 3.8) is 0 Å². The molecule has 186 valence electrons. The number of carbonyl (C=O) groups is 2. The number of furan rings is 1. The molecule has 0 amide bonds. The molecule has 0 N–H and O–H groups in total. The van der Waals surface area contributed by atoms with Gasteiger partial charge in [-0.25, -0.2) is 0 Å². The van der Waals surface area contributed by atoms with E-state index in [0.29, 0.717) is 48.7 Å². The summed E-state index contributed by atoms with van der Waals surface area (Å²) >= 11 is 0. The maximum absolute atomic E-state index is 13.6. The monoisotopic (exact) mass is 478 g/mol. The predicted molar refractivity (Wildman–Crippen MR) is 135 cm³/mol. The quantitative estimate of drug-likeness (QED) is 0.492. The first-order valence-corrected chi connectivity index (χ1v) is 12.4. The van der Waals surface area contributed by atoms with E-state index in [-0.39, 0.29) is 11.6 Å². The van der Waals surface area contributed by atoms with Crippen molar-refractivity contribution in [2.45, 2.75) is 38.8 Å². The number of nitrogens with zero attached hydrogens (tertiary/aromatic N) is 2. The number of benzene rings is 2. The molecule has 3 heterocycles. The molecular weight excluding hydrogens is 444 g/mol. The third-order valence-electron chi connectivity index (χ3n) is 7.71. The van der Waals surface area contributed by atoms with E-state index in [1.54, 1.807) is 0 Å². The minimum absolute atomic E-state index is 0.0660. The van der Waals surface area contributed by atoms with Gasteiger partial charge in [0, 0.05) is 48.1 Å². The van der Waals surface area contributed by atoms with E-state index < -0.39 is 11.1 Å². The van der Waals surface area contributed by atoms with Crippen molar-refractivity contribution in [2.24, 2.45) is 0 Å². The Hall–Kier alpha value is -2.58. The molecule has 7 nitrogen and oxygen atoms in total. The van der Waals surface area contributed by atoms with E-state index in [9.17, 15) is 9.59 Å². The van der Waals surface area contributed by atoms with Crippen LogP contribution in [0.15, 0.2) is 40.8 Å². The predicted octanol–water partition coefficient (Wildman–Crippen LogP) is 4.17. The fraction of sp³-hybridized carbons (Fsp3) is 0.500. The van der Waals surface area contributed by atoms with Gasteiger partial charge in [-0.3, -0.25) is 19.4 Å². The molecule has 2 aliphatic heterocycles. The van der Waals surface area contributed by atoms with Crippen molar-refractivity contribution in [3.05, 3.63) is 47.5 Å². The molecule has 0 aliphatic carbocycles. The lowest BCUT2D eigenvalue weighted by atomic mass is 9.89. The number of carbonyl (C=O) groups excluding carboxylic acids is 2. The normalized spacial score (nSPS) is 18.9. The van der Waals surface area contributed by atoms with Crippen molar-refractivity contribution >= 4 is 33.5 Å². The smallest absolute Gasteiger partial charge is 0.182 e. The van der Waals surface area contributed by atoms with Crippen molar-refractivity contribution in [3.8, 4) is 0 Å². The zero-order chi connectivity index (χ0) is 24.8. The average Bonchev–Trinajstić information content (AvgIpc) is 3.26. The summed E-state index contributed by atoms with van der Waals surface area (Å²) < 4.78 is 17.0. The first-order chi connectivity index (χ1) is 16.7. The Morgan fingerprint density at radius 1 is 0.657 bits per heavy atom. The highest BCUT2D eigenvalue weighted by Gasteiger charge is 2.37. The Balaban J connectivity index is 1.49. The molecule has 2 fully saturated rings. The number of hydrogen-bond acceptors (Lipinski definition) is 7. The summed E-state index contributed by atoms with van der Waals surface area (Å²) in [7, 11) is 0. The Morgan fingerprint density at radius 2 is 1.03 bits per heavy atom. The van der Waals surface area contributed by atoms with Crippen LogP contribution in [-0.2, 0) is 9.47 Å². The Bertz CT molecular complexity index is 1170. The lowest BCUT2D eigenvalue weighted by Gasteiger charge is -2.39. The molecule has 35 heavy (non-hydrogen) atoms. The van der Waals surface area contributed by atoms with E-state index in [1.807, 2.05) is 64.1 Å². The molecule has 0 unspecified atom stereocenters. The molecule has 0 saturated carbocycles. The molecule has 0 atom stereocenters. The van der Waals surface area contributed by atoms with Crippen LogP contribution in [0, 0.1) is 0 Å². The van der Waals surface area contributed by atoms with Gasteiger partial charge in [0.15, 0.2) is 11.6 Å². The standard InChI is InChI=1S/C28H34N2O5/c1-27(2,29-9-13-33-14-10-29)25(31)19-5-7-23-21(17-19)22-18-20(6-8-24(22)35-23)26(32)28(3,4)30-11-15-34-16-12-30/h5-8,17-18H,9-16H2,1-4H3. The zero-order valence-electron chi connectivity index (χ0n) is 21.1. The topological polar surface area (TPSA) is 72.2 Å². The Kier molecular flexibility index (Phi) is 6.30. The van der Waals surface area contributed by atoms with Crippen molar-refractivity contribution in [2.75, 3.05) is 52.6 Å². The van der Waals surface area contributed by atoms with Crippen LogP contribution >= 0.6 is 0 Å². The number of ether oxygens (including phenoxy) is 2. The SMILES string of the molecule is CC(C)(C(=O)c1ccc2oc3ccc(C(=O)C(C)(C)N4CCOCC4)cc3c2c1)N1CCOCC1. The fourth-order valence-electron chi connectivity index (χ4n) is 5.30. The van der Waals surface area contributed by atoms with E-state index in [2.05, 4.69) is 9.80 Å². The van der Waals surface area contributed by atoms with Crippen LogP contribution in [0.25, 0.3) is 21.9 Å². The first kappa shape index (κ1) is 24.1. The third kappa shape index (κ3) is 4.31. The van der Waals surface area contributed by atoms with Gasteiger partial charge in [-0.15, -0.1) is 0 Å². The van der Waals surface area contributed by atoms with E-state index in [1.165, 1.54) is 0 Å². The van der Waals surface area contributed by atoms with Crippen molar-refractivity contribution in [1.29, 1.82) is 0 Å².